The molecule has 0 saturated heterocycles. The summed E-state index contributed by atoms with van der Waals surface area (Å²) in [6.07, 6.45) is 1.90. The average Bonchev–Trinajstić information content (AvgIpc) is 2.84. The van der Waals surface area contributed by atoms with E-state index in [9.17, 15) is 9.59 Å². The number of rotatable bonds is 6. The lowest BCUT2D eigenvalue weighted by Gasteiger charge is -2.10. The molecule has 3 rings (SSSR count). The predicted octanol–water partition coefficient (Wildman–Crippen LogP) is 4.97. The van der Waals surface area contributed by atoms with Crippen molar-refractivity contribution in [2.75, 3.05) is 23.0 Å². The van der Waals surface area contributed by atoms with Crippen molar-refractivity contribution in [2.24, 2.45) is 4.99 Å². The van der Waals surface area contributed by atoms with Crippen molar-refractivity contribution >= 4 is 45.7 Å². The number of aryl methyl sites for hydroxylation is 2. The molecule has 2 N–H and O–H groups in total. The molecule has 0 aromatic heterocycles. The van der Waals surface area contributed by atoms with E-state index in [4.69, 9.17) is 4.74 Å². The highest BCUT2D eigenvalue weighted by atomic mass is 32.2. The molecule has 2 aromatic carbocycles. The molecule has 1 amide bonds. The molecule has 0 fully saturated rings. The van der Waals surface area contributed by atoms with Gasteiger partial charge in [-0.15, -0.1) is 0 Å². The Hall–Kier alpha value is -3.06. The molecule has 0 aliphatic carbocycles. The number of fused-ring (bicyclic) bond motifs is 1. The van der Waals surface area contributed by atoms with Crippen LogP contribution in [0.4, 0.5) is 17.1 Å². The van der Waals surface area contributed by atoms with Crippen LogP contribution in [0.25, 0.3) is 0 Å². The van der Waals surface area contributed by atoms with Crippen LogP contribution >= 0.6 is 11.8 Å². The number of aliphatic imine (C=N–C) groups is 1. The predicted molar refractivity (Wildman–Crippen MR) is 123 cm³/mol. The molecule has 0 unspecified atom stereocenters. The Balaban J connectivity index is 1.72. The van der Waals surface area contributed by atoms with Gasteiger partial charge in [0.1, 0.15) is 0 Å². The van der Waals surface area contributed by atoms with Gasteiger partial charge in [-0.25, -0.2) is 4.99 Å². The third-order valence-electron chi connectivity index (χ3n) is 4.22. The van der Waals surface area contributed by atoms with Gasteiger partial charge < -0.3 is 15.4 Å². The van der Waals surface area contributed by atoms with Crippen molar-refractivity contribution in [2.45, 2.75) is 27.2 Å². The zero-order chi connectivity index (χ0) is 21.5. The molecule has 0 saturated carbocycles. The Bertz CT molecular complexity index is 994. The number of carbonyl (C=O) groups is 2. The average molecular weight is 424 g/mol. The number of para-hydroxylation sites is 2. The molecule has 1 heterocycles. The van der Waals surface area contributed by atoms with Crippen LogP contribution < -0.4 is 10.6 Å². The van der Waals surface area contributed by atoms with E-state index in [0.717, 1.165) is 28.2 Å². The molecular formula is C23H25N3O3S. The van der Waals surface area contributed by atoms with E-state index in [1.807, 2.05) is 50.2 Å². The normalized spacial score (nSPS) is 12.6. The van der Waals surface area contributed by atoms with E-state index in [2.05, 4.69) is 21.7 Å². The van der Waals surface area contributed by atoms with Gasteiger partial charge in [0.25, 0.3) is 0 Å². The first-order valence-corrected chi connectivity index (χ1v) is 10.7. The van der Waals surface area contributed by atoms with Gasteiger partial charge in [0.15, 0.2) is 0 Å². The zero-order valence-corrected chi connectivity index (χ0v) is 18.1. The van der Waals surface area contributed by atoms with Gasteiger partial charge in [0.2, 0.25) is 5.91 Å². The highest BCUT2D eigenvalue weighted by Crippen LogP contribution is 2.31. The Morgan fingerprint density at radius 2 is 1.87 bits per heavy atom. The van der Waals surface area contributed by atoms with E-state index in [-0.39, 0.29) is 24.1 Å². The Morgan fingerprint density at radius 3 is 2.60 bits per heavy atom. The summed E-state index contributed by atoms with van der Waals surface area (Å²) in [4.78, 5) is 29.1. The van der Waals surface area contributed by atoms with Crippen molar-refractivity contribution in [3.63, 3.8) is 0 Å². The summed E-state index contributed by atoms with van der Waals surface area (Å²) in [6.45, 7) is 6.10. The maximum atomic E-state index is 12.5. The summed E-state index contributed by atoms with van der Waals surface area (Å²) in [5, 5.41) is 6.84. The van der Waals surface area contributed by atoms with Crippen molar-refractivity contribution < 1.29 is 14.3 Å². The fourth-order valence-corrected chi connectivity index (χ4v) is 3.85. The van der Waals surface area contributed by atoms with Gasteiger partial charge in [-0.05, 0) is 62.2 Å². The minimum absolute atomic E-state index is 0.108. The standard InChI is InChI=1S/C23H25N3O3S/c1-4-29-23(28)13-18-12-22(26-20-8-6-5-7-19(20)24-18)30-14-21(27)25-17-10-15(2)9-16(3)11-17/h5-12,24H,4,13-14H2,1-3H3,(H,25,27). The second-order valence-corrected chi connectivity index (χ2v) is 7.95. The first kappa shape index (κ1) is 21.6. The van der Waals surface area contributed by atoms with Crippen LogP contribution in [-0.2, 0) is 14.3 Å². The number of benzene rings is 2. The van der Waals surface area contributed by atoms with Crippen molar-refractivity contribution in [1.29, 1.82) is 0 Å². The molecule has 1 aliphatic rings. The lowest BCUT2D eigenvalue weighted by Crippen LogP contribution is -2.15. The summed E-state index contributed by atoms with van der Waals surface area (Å²) in [6, 6.07) is 13.5. The van der Waals surface area contributed by atoms with Crippen LogP contribution in [0, 0.1) is 13.8 Å². The van der Waals surface area contributed by atoms with E-state index in [1.165, 1.54) is 11.8 Å². The molecule has 0 atom stereocenters. The minimum atomic E-state index is -0.312. The molecular weight excluding hydrogens is 398 g/mol. The zero-order valence-electron chi connectivity index (χ0n) is 17.3. The van der Waals surface area contributed by atoms with E-state index in [1.54, 1.807) is 13.0 Å². The molecule has 0 spiro atoms. The Labute approximate surface area is 180 Å². The number of ether oxygens (including phenoxy) is 1. The first-order valence-electron chi connectivity index (χ1n) is 9.75. The number of carbonyl (C=O) groups excluding carboxylic acids is 2. The third-order valence-corrected chi connectivity index (χ3v) is 5.14. The number of hydrogen-bond acceptors (Lipinski definition) is 6. The summed E-state index contributed by atoms with van der Waals surface area (Å²) in [5.41, 5.74) is 5.22. The monoisotopic (exact) mass is 423 g/mol. The van der Waals surface area contributed by atoms with Gasteiger partial charge in [-0.2, -0.15) is 0 Å². The molecule has 0 radical (unpaired) electrons. The third kappa shape index (κ3) is 6.22. The number of esters is 1. The van der Waals surface area contributed by atoms with Crippen LogP contribution in [0.3, 0.4) is 0 Å². The number of nitrogens with one attached hydrogen (secondary N) is 2. The van der Waals surface area contributed by atoms with E-state index in [0.29, 0.717) is 17.3 Å². The quantitative estimate of drug-likeness (QED) is 0.642. The van der Waals surface area contributed by atoms with E-state index >= 15 is 0 Å². The van der Waals surface area contributed by atoms with Gasteiger partial charge in [-0.3, -0.25) is 9.59 Å². The maximum absolute atomic E-state index is 12.5. The smallest absolute Gasteiger partial charge is 0.311 e. The molecule has 6 nitrogen and oxygen atoms in total. The SMILES string of the molecule is CCOC(=O)CC1=CC(SCC(=O)Nc2cc(C)cc(C)c2)=Nc2ccccc2N1. The van der Waals surface area contributed by atoms with Crippen LogP contribution in [0.1, 0.15) is 24.5 Å². The molecule has 30 heavy (non-hydrogen) atoms. The second kappa shape index (κ2) is 10.1. The number of nitrogens with zero attached hydrogens (tertiary/aromatic N) is 1. The summed E-state index contributed by atoms with van der Waals surface area (Å²) < 4.78 is 5.06. The summed E-state index contributed by atoms with van der Waals surface area (Å²) in [5.74, 6) is -0.219. The van der Waals surface area contributed by atoms with Crippen molar-refractivity contribution in [3.8, 4) is 0 Å². The highest BCUT2D eigenvalue weighted by molar-refractivity contribution is 8.14. The number of hydrogen-bond donors (Lipinski definition) is 2. The van der Waals surface area contributed by atoms with Gasteiger partial charge in [-0.1, -0.05) is 30.0 Å². The Morgan fingerprint density at radius 1 is 1.13 bits per heavy atom. The van der Waals surface area contributed by atoms with Crippen LogP contribution in [0.5, 0.6) is 0 Å². The topological polar surface area (TPSA) is 79.8 Å². The molecule has 0 bridgehead atoms. The highest BCUT2D eigenvalue weighted by Gasteiger charge is 2.15. The minimum Gasteiger partial charge on any atom is -0.466 e. The lowest BCUT2D eigenvalue weighted by molar-refractivity contribution is -0.142. The van der Waals surface area contributed by atoms with Gasteiger partial charge >= 0.3 is 5.97 Å². The van der Waals surface area contributed by atoms with E-state index < -0.39 is 0 Å². The summed E-state index contributed by atoms with van der Waals surface area (Å²) >= 11 is 1.32. The molecule has 7 heteroatoms. The van der Waals surface area contributed by atoms with Crippen molar-refractivity contribution in [1.82, 2.24) is 0 Å². The summed E-state index contributed by atoms with van der Waals surface area (Å²) in [7, 11) is 0. The Kier molecular flexibility index (Phi) is 7.30. The van der Waals surface area contributed by atoms with Crippen LogP contribution in [0.15, 0.2) is 59.2 Å². The van der Waals surface area contributed by atoms with Crippen molar-refractivity contribution in [3.05, 3.63) is 65.4 Å². The number of amides is 1. The number of anilines is 2. The molecule has 156 valence electrons. The van der Waals surface area contributed by atoms with Gasteiger partial charge in [0.05, 0.1) is 35.2 Å². The maximum Gasteiger partial charge on any atom is 0.311 e. The number of thioether (sulfide) groups is 1. The molecule has 1 aliphatic heterocycles. The van der Waals surface area contributed by atoms with Gasteiger partial charge in [0, 0.05) is 11.4 Å². The lowest BCUT2D eigenvalue weighted by atomic mass is 10.1. The second-order valence-electron chi connectivity index (χ2n) is 6.96. The fourth-order valence-electron chi connectivity index (χ4n) is 3.11. The fraction of sp³-hybridized carbons (Fsp3) is 0.261. The first-order chi connectivity index (χ1) is 14.4. The van der Waals surface area contributed by atoms with Crippen LogP contribution in [0.2, 0.25) is 0 Å². The largest absolute Gasteiger partial charge is 0.466 e. The molecule has 2 aromatic rings. The van der Waals surface area contributed by atoms with Crippen LogP contribution in [-0.4, -0.2) is 29.3 Å².